The summed E-state index contributed by atoms with van der Waals surface area (Å²) in [4.78, 5) is 2.12. The Kier molecular flexibility index (Phi) is 5.23. The Labute approximate surface area is 105 Å². The van der Waals surface area contributed by atoms with E-state index in [-0.39, 0.29) is 0 Å². The second-order valence-corrected chi connectivity index (χ2v) is 4.76. The van der Waals surface area contributed by atoms with Gasteiger partial charge in [0.25, 0.3) is 0 Å². The largest absolute Gasteiger partial charge is 0.378 e. The molecule has 0 radical (unpaired) electrons. The molecule has 0 aliphatic rings. The molecular formula is C15H24N2. The smallest absolute Gasteiger partial charge is 0.0361 e. The molecule has 0 saturated carbocycles. The van der Waals surface area contributed by atoms with Gasteiger partial charge in [-0.1, -0.05) is 24.6 Å². The number of benzene rings is 1. The first-order valence-corrected chi connectivity index (χ1v) is 6.19. The number of hydrogen-bond acceptors (Lipinski definition) is 2. The maximum absolute atomic E-state index is 4.00. The molecule has 0 bridgehead atoms. The first kappa shape index (κ1) is 13.8. The fraction of sp³-hybridized carbons (Fsp3) is 0.467. The standard InChI is InChI=1S/C15H24N2/c1-6-16-15(11-12(2)3)13-7-9-14(10-8-13)17(4)5/h7-10,15-16H,2,6,11H2,1,3-5H3. The molecule has 1 rings (SSSR count). The van der Waals surface area contributed by atoms with Crippen molar-refractivity contribution in [1.82, 2.24) is 5.32 Å². The van der Waals surface area contributed by atoms with Gasteiger partial charge in [-0.2, -0.15) is 0 Å². The molecular weight excluding hydrogens is 208 g/mol. The van der Waals surface area contributed by atoms with Gasteiger partial charge in [-0.25, -0.2) is 0 Å². The molecule has 2 heteroatoms. The lowest BCUT2D eigenvalue weighted by molar-refractivity contribution is 0.548. The minimum Gasteiger partial charge on any atom is -0.378 e. The van der Waals surface area contributed by atoms with Gasteiger partial charge < -0.3 is 10.2 Å². The summed E-state index contributed by atoms with van der Waals surface area (Å²) in [5.41, 5.74) is 3.78. The molecule has 0 spiro atoms. The first-order valence-electron chi connectivity index (χ1n) is 6.19. The van der Waals surface area contributed by atoms with Crippen LogP contribution in [0.3, 0.4) is 0 Å². The van der Waals surface area contributed by atoms with E-state index in [1.54, 1.807) is 0 Å². The highest BCUT2D eigenvalue weighted by molar-refractivity contribution is 5.46. The van der Waals surface area contributed by atoms with Crippen molar-refractivity contribution in [3.63, 3.8) is 0 Å². The van der Waals surface area contributed by atoms with Crippen molar-refractivity contribution >= 4 is 5.69 Å². The minimum atomic E-state index is 0.383. The van der Waals surface area contributed by atoms with Crippen LogP contribution in [-0.2, 0) is 0 Å². The van der Waals surface area contributed by atoms with Gasteiger partial charge in [-0.3, -0.25) is 0 Å². The summed E-state index contributed by atoms with van der Waals surface area (Å²) in [6.07, 6.45) is 0.995. The van der Waals surface area contributed by atoms with Crippen LogP contribution in [0.4, 0.5) is 5.69 Å². The third-order valence-corrected chi connectivity index (χ3v) is 2.81. The van der Waals surface area contributed by atoms with Crippen LogP contribution in [0.5, 0.6) is 0 Å². The SMILES string of the molecule is C=C(C)CC(NCC)c1ccc(N(C)C)cc1. The van der Waals surface area contributed by atoms with Crippen molar-refractivity contribution in [2.75, 3.05) is 25.5 Å². The lowest BCUT2D eigenvalue weighted by Gasteiger charge is -2.20. The number of hydrogen-bond donors (Lipinski definition) is 1. The predicted octanol–water partition coefficient (Wildman–Crippen LogP) is 3.37. The van der Waals surface area contributed by atoms with E-state index in [1.807, 2.05) is 0 Å². The van der Waals surface area contributed by atoms with Crippen molar-refractivity contribution in [1.29, 1.82) is 0 Å². The van der Waals surface area contributed by atoms with Gasteiger partial charge in [0.1, 0.15) is 0 Å². The van der Waals surface area contributed by atoms with Crippen LogP contribution >= 0.6 is 0 Å². The van der Waals surface area contributed by atoms with Crippen LogP contribution < -0.4 is 10.2 Å². The van der Waals surface area contributed by atoms with Crippen LogP contribution in [0.25, 0.3) is 0 Å². The number of rotatable bonds is 6. The van der Waals surface area contributed by atoms with E-state index in [4.69, 9.17) is 0 Å². The van der Waals surface area contributed by atoms with Gasteiger partial charge in [0, 0.05) is 25.8 Å². The van der Waals surface area contributed by atoms with Crippen molar-refractivity contribution < 1.29 is 0 Å². The highest BCUT2D eigenvalue weighted by Crippen LogP contribution is 2.22. The maximum atomic E-state index is 4.00. The first-order chi connectivity index (χ1) is 8.04. The number of nitrogens with zero attached hydrogens (tertiary/aromatic N) is 1. The lowest BCUT2D eigenvalue weighted by Crippen LogP contribution is -2.21. The van der Waals surface area contributed by atoms with E-state index in [2.05, 4.69) is 69.0 Å². The Morgan fingerprint density at radius 1 is 1.29 bits per heavy atom. The molecule has 0 fully saturated rings. The van der Waals surface area contributed by atoms with Crippen LogP contribution in [0.2, 0.25) is 0 Å². The van der Waals surface area contributed by atoms with E-state index in [9.17, 15) is 0 Å². The van der Waals surface area contributed by atoms with E-state index < -0.39 is 0 Å². The van der Waals surface area contributed by atoms with E-state index in [0.29, 0.717) is 6.04 Å². The molecule has 0 aromatic heterocycles. The highest BCUT2D eigenvalue weighted by Gasteiger charge is 2.10. The molecule has 1 aromatic rings. The fourth-order valence-electron chi connectivity index (χ4n) is 1.91. The van der Waals surface area contributed by atoms with Gasteiger partial charge in [0.2, 0.25) is 0 Å². The minimum absolute atomic E-state index is 0.383. The quantitative estimate of drug-likeness (QED) is 0.757. The van der Waals surface area contributed by atoms with Crippen LogP contribution in [-0.4, -0.2) is 20.6 Å². The zero-order valence-corrected chi connectivity index (χ0v) is 11.5. The molecule has 0 saturated heterocycles. The van der Waals surface area contributed by atoms with E-state index in [0.717, 1.165) is 13.0 Å². The Balaban J connectivity index is 2.83. The Morgan fingerprint density at radius 2 is 1.88 bits per heavy atom. The Hall–Kier alpha value is -1.28. The summed E-state index contributed by atoms with van der Waals surface area (Å²) in [7, 11) is 4.12. The normalized spacial score (nSPS) is 12.2. The summed E-state index contributed by atoms with van der Waals surface area (Å²) in [6.45, 7) is 9.20. The van der Waals surface area contributed by atoms with Crippen molar-refractivity contribution in [3.05, 3.63) is 42.0 Å². The summed E-state index contributed by atoms with van der Waals surface area (Å²) in [6, 6.07) is 9.11. The monoisotopic (exact) mass is 232 g/mol. The van der Waals surface area contributed by atoms with Gasteiger partial charge in [-0.15, -0.1) is 6.58 Å². The Bertz CT molecular complexity index is 352. The molecule has 1 unspecified atom stereocenters. The number of anilines is 1. The summed E-state index contributed by atoms with van der Waals surface area (Å²) in [5.74, 6) is 0. The zero-order valence-electron chi connectivity index (χ0n) is 11.5. The molecule has 0 amide bonds. The zero-order chi connectivity index (χ0) is 12.8. The maximum Gasteiger partial charge on any atom is 0.0361 e. The molecule has 1 N–H and O–H groups in total. The molecule has 0 heterocycles. The van der Waals surface area contributed by atoms with Gasteiger partial charge in [0.05, 0.1) is 0 Å². The molecule has 94 valence electrons. The van der Waals surface area contributed by atoms with Gasteiger partial charge in [0.15, 0.2) is 0 Å². The molecule has 1 aromatic carbocycles. The van der Waals surface area contributed by atoms with Crippen molar-refractivity contribution in [2.24, 2.45) is 0 Å². The van der Waals surface area contributed by atoms with E-state index in [1.165, 1.54) is 16.8 Å². The molecule has 1 atom stereocenters. The van der Waals surface area contributed by atoms with E-state index >= 15 is 0 Å². The third-order valence-electron chi connectivity index (χ3n) is 2.81. The molecule has 0 aliphatic carbocycles. The molecule has 0 aliphatic heterocycles. The van der Waals surface area contributed by atoms with Crippen molar-refractivity contribution in [2.45, 2.75) is 26.3 Å². The highest BCUT2D eigenvalue weighted by atomic mass is 15.1. The Morgan fingerprint density at radius 3 is 2.29 bits per heavy atom. The summed E-state index contributed by atoms with van der Waals surface area (Å²) >= 11 is 0. The van der Waals surface area contributed by atoms with Crippen LogP contribution in [0.15, 0.2) is 36.4 Å². The molecule has 2 nitrogen and oxygen atoms in total. The number of nitrogens with one attached hydrogen (secondary N) is 1. The predicted molar refractivity (Wildman–Crippen MR) is 76.6 cm³/mol. The second-order valence-electron chi connectivity index (χ2n) is 4.76. The van der Waals surface area contributed by atoms with Gasteiger partial charge >= 0.3 is 0 Å². The lowest BCUT2D eigenvalue weighted by atomic mass is 10.00. The fourth-order valence-corrected chi connectivity index (χ4v) is 1.91. The van der Waals surface area contributed by atoms with Crippen molar-refractivity contribution in [3.8, 4) is 0 Å². The second kappa shape index (κ2) is 6.45. The van der Waals surface area contributed by atoms with Crippen LogP contribution in [0, 0.1) is 0 Å². The average molecular weight is 232 g/mol. The van der Waals surface area contributed by atoms with Crippen LogP contribution in [0.1, 0.15) is 31.9 Å². The summed E-state index contributed by atoms with van der Waals surface area (Å²) < 4.78 is 0. The topological polar surface area (TPSA) is 15.3 Å². The van der Waals surface area contributed by atoms with Gasteiger partial charge in [-0.05, 0) is 37.6 Å². The average Bonchev–Trinajstić information content (AvgIpc) is 2.28. The summed E-state index contributed by atoms with van der Waals surface area (Å²) in [5, 5.41) is 3.50. The molecule has 17 heavy (non-hydrogen) atoms. The third kappa shape index (κ3) is 4.23.